The Bertz CT molecular complexity index is 2160. The van der Waals surface area contributed by atoms with Crippen LogP contribution in [-0.2, 0) is 22.2 Å². The number of H-pyrrole nitrogens is 2. The van der Waals surface area contributed by atoms with Crippen LogP contribution in [0.4, 0.5) is 28.9 Å². The summed E-state index contributed by atoms with van der Waals surface area (Å²) in [6.45, 7) is 5.20. The lowest BCUT2D eigenvalue weighted by atomic mass is 10.0. The van der Waals surface area contributed by atoms with E-state index in [1.807, 2.05) is 0 Å². The van der Waals surface area contributed by atoms with E-state index in [0.717, 1.165) is 32.0 Å². The van der Waals surface area contributed by atoms with Gasteiger partial charge in [0.2, 0.25) is 5.91 Å². The predicted octanol–water partition coefficient (Wildman–Crippen LogP) is 4.48. The van der Waals surface area contributed by atoms with Gasteiger partial charge >= 0.3 is 12.1 Å². The van der Waals surface area contributed by atoms with E-state index in [2.05, 4.69) is 25.5 Å². The van der Waals surface area contributed by atoms with Crippen LogP contribution < -0.4 is 22.5 Å². The summed E-state index contributed by atoms with van der Waals surface area (Å²) in [6, 6.07) is 7.86. The number of amides is 3. The van der Waals surface area contributed by atoms with Crippen LogP contribution in [0.25, 0.3) is 11.3 Å². The summed E-state index contributed by atoms with van der Waals surface area (Å²) < 4.78 is 57.1. The number of aromatic amines is 2. The number of hydrogen-bond acceptors (Lipinski definition) is 9. The molecule has 0 radical (unpaired) electrons. The number of carbonyl (C=O) groups excluding carboxylic acids is 3. The van der Waals surface area contributed by atoms with Crippen molar-refractivity contribution >= 4 is 46.7 Å². The van der Waals surface area contributed by atoms with Crippen LogP contribution >= 0.6 is 11.6 Å². The first-order valence-corrected chi connectivity index (χ1v) is 20.3. The topological polar surface area (TPSA) is 242 Å². The van der Waals surface area contributed by atoms with Gasteiger partial charge in [0.1, 0.15) is 5.82 Å². The van der Waals surface area contributed by atoms with Gasteiger partial charge in [-0.3, -0.25) is 24.3 Å². The van der Waals surface area contributed by atoms with E-state index in [0.29, 0.717) is 63.0 Å². The minimum absolute atomic E-state index is 0.0268. The van der Waals surface area contributed by atoms with Crippen LogP contribution in [0.1, 0.15) is 76.5 Å². The molecule has 330 valence electrons. The highest BCUT2D eigenvalue weighted by Gasteiger charge is 2.39. The molecule has 3 heterocycles. The number of anilines is 2. The zero-order chi connectivity index (χ0) is 44.3. The van der Waals surface area contributed by atoms with E-state index in [4.69, 9.17) is 28.8 Å². The summed E-state index contributed by atoms with van der Waals surface area (Å²) >= 11 is 6.51. The number of carbonyl (C=O) groups is 4. The molecule has 10 N–H and O–H groups in total. The van der Waals surface area contributed by atoms with Crippen molar-refractivity contribution in [1.82, 2.24) is 30.0 Å². The number of hydrogen-bond donors (Lipinski definition) is 7. The maximum absolute atomic E-state index is 14.7. The molecule has 16 nitrogen and oxygen atoms in total. The molecule has 0 atom stereocenters. The van der Waals surface area contributed by atoms with Gasteiger partial charge in [0.05, 0.1) is 48.9 Å². The Balaban J connectivity index is 1.15. The van der Waals surface area contributed by atoms with Crippen molar-refractivity contribution in [2.45, 2.75) is 51.1 Å². The second-order valence-corrected chi connectivity index (χ2v) is 15.4. The zero-order valence-corrected chi connectivity index (χ0v) is 34.3. The average Bonchev–Trinajstić information content (AvgIpc) is 3.87. The van der Waals surface area contributed by atoms with E-state index in [1.165, 1.54) is 36.5 Å². The van der Waals surface area contributed by atoms with Crippen molar-refractivity contribution < 1.29 is 46.3 Å². The molecule has 1 aliphatic heterocycles. The minimum Gasteiger partial charge on any atom is -0.481 e. The van der Waals surface area contributed by atoms with Gasteiger partial charge in [-0.05, 0) is 49.5 Å². The highest BCUT2D eigenvalue weighted by molar-refractivity contribution is 6.34. The molecule has 5 rings (SSSR count). The number of nitrogen functional groups attached to an aromatic ring is 1. The fraction of sp³-hybridized carbons (Fsp3) is 0.450. The Morgan fingerprint density at radius 1 is 0.902 bits per heavy atom. The van der Waals surface area contributed by atoms with Gasteiger partial charge in [-0.2, -0.15) is 18.3 Å². The quantitative estimate of drug-likeness (QED) is 0.0373. The third-order valence-corrected chi connectivity index (χ3v) is 11.0. The molecule has 61 heavy (non-hydrogen) atoms. The van der Waals surface area contributed by atoms with E-state index < -0.39 is 36.0 Å². The van der Waals surface area contributed by atoms with Gasteiger partial charge in [0.25, 0.3) is 11.8 Å². The summed E-state index contributed by atoms with van der Waals surface area (Å²) in [5.41, 5.74) is 15.8. The molecule has 1 fully saturated rings. The van der Waals surface area contributed by atoms with Crippen LogP contribution in [0.3, 0.4) is 0 Å². The Hall–Kier alpha value is -5.57. The number of nitrogens with zero attached hydrogens (tertiary/aromatic N) is 5. The lowest BCUT2D eigenvalue weighted by Crippen LogP contribution is -2.52. The Morgan fingerprint density at radius 2 is 1.54 bits per heavy atom. The molecule has 21 heteroatoms. The third kappa shape index (κ3) is 12.3. The molecule has 0 spiro atoms. The van der Waals surface area contributed by atoms with Gasteiger partial charge < -0.3 is 46.9 Å². The molecule has 0 aliphatic carbocycles. The normalized spacial score (nSPS) is 13.4. The molecule has 2 aromatic carbocycles. The SMILES string of the molecule is NCCC[N+](CCCN)(CCCC(=O)O)CCCC(=O)N1CCN(C(=O)c2ccc(NC(=O)c3ncc(Cc4c(C(F)(F)F)n[nH]c4-c4ccc(N)cc4F)[nH]3)cc2Cl)CC1. The standard InChI is InChI=1S/C40H50ClF4N11O5/c41-31-23-26(51-38(60)37-49-24-27(50-37)22-30-35(52-53-36(30)40(43,44)45)29-9-7-25(48)21-32(29)42)8-10-28(31)39(61)55-15-13-54(14-16-55)33(57)5-1-17-56(19-3-11-46,20-4-12-47)18-2-6-34(58)59/h7-10,21,23-24H,1-6,11-20,22,46-47H2,(H5-,48,49,50,51,52,53,58,59,60,61)/p+1. The van der Waals surface area contributed by atoms with E-state index in [1.54, 1.807) is 9.80 Å². The molecule has 1 aliphatic rings. The molecular formula is C40H51ClF4N11O5+. The number of nitrogens with two attached hydrogens (primary N) is 3. The number of halogens is 5. The van der Waals surface area contributed by atoms with Gasteiger partial charge in [0, 0.05) is 99.1 Å². The molecule has 2 aromatic heterocycles. The van der Waals surface area contributed by atoms with E-state index >= 15 is 0 Å². The first-order chi connectivity index (χ1) is 29.0. The van der Waals surface area contributed by atoms with E-state index in [9.17, 15) is 41.8 Å². The van der Waals surface area contributed by atoms with Crippen LogP contribution in [0.15, 0.2) is 42.6 Å². The van der Waals surface area contributed by atoms with Gasteiger partial charge in [0.15, 0.2) is 11.5 Å². The lowest BCUT2D eigenvalue weighted by Gasteiger charge is -2.39. The number of quaternary nitrogens is 1. The molecule has 0 bridgehead atoms. The summed E-state index contributed by atoms with van der Waals surface area (Å²) in [7, 11) is 0. The number of aliphatic carboxylic acids is 1. The molecule has 0 unspecified atom stereocenters. The van der Waals surface area contributed by atoms with E-state index in [-0.39, 0.29) is 81.6 Å². The van der Waals surface area contributed by atoms with Gasteiger partial charge in [-0.25, -0.2) is 9.37 Å². The predicted molar refractivity (Wildman–Crippen MR) is 220 cm³/mol. The zero-order valence-electron chi connectivity index (χ0n) is 33.5. The number of aromatic nitrogens is 4. The van der Waals surface area contributed by atoms with Crippen LogP contribution in [0.2, 0.25) is 5.02 Å². The largest absolute Gasteiger partial charge is 0.481 e. The van der Waals surface area contributed by atoms with Crippen molar-refractivity contribution in [2.75, 3.05) is 76.5 Å². The second-order valence-electron chi connectivity index (χ2n) is 15.0. The van der Waals surface area contributed by atoms with Crippen molar-refractivity contribution in [2.24, 2.45) is 11.5 Å². The smallest absolute Gasteiger partial charge is 0.435 e. The molecule has 3 amide bonds. The molecule has 0 saturated carbocycles. The van der Waals surface area contributed by atoms with Crippen molar-refractivity contribution in [3.8, 4) is 11.3 Å². The van der Waals surface area contributed by atoms with Gasteiger partial charge in [-0.15, -0.1) is 0 Å². The molecule has 1 saturated heterocycles. The average molecular weight is 877 g/mol. The first kappa shape index (κ1) is 46.5. The van der Waals surface area contributed by atoms with Crippen LogP contribution in [-0.4, -0.2) is 129 Å². The Labute approximate surface area is 354 Å². The maximum Gasteiger partial charge on any atom is 0.435 e. The number of benzene rings is 2. The van der Waals surface area contributed by atoms with Crippen LogP contribution in [0, 0.1) is 5.82 Å². The van der Waals surface area contributed by atoms with Crippen molar-refractivity contribution in [1.29, 1.82) is 0 Å². The van der Waals surface area contributed by atoms with Crippen LogP contribution in [0.5, 0.6) is 0 Å². The highest BCUT2D eigenvalue weighted by atomic mass is 35.5. The number of nitrogens with one attached hydrogen (secondary N) is 3. The lowest BCUT2D eigenvalue weighted by molar-refractivity contribution is -0.928. The fourth-order valence-corrected chi connectivity index (χ4v) is 7.84. The van der Waals surface area contributed by atoms with Gasteiger partial charge in [-0.1, -0.05) is 11.6 Å². The summed E-state index contributed by atoms with van der Waals surface area (Å²) in [6.07, 6.45) is -1.04. The Kier molecular flexibility index (Phi) is 15.9. The summed E-state index contributed by atoms with van der Waals surface area (Å²) in [4.78, 5) is 61.0. The van der Waals surface area contributed by atoms with Crippen molar-refractivity contribution in [3.05, 3.63) is 81.8 Å². The Morgan fingerprint density at radius 3 is 2.15 bits per heavy atom. The number of carboxylic acids is 1. The van der Waals surface area contributed by atoms with Crippen molar-refractivity contribution in [3.63, 3.8) is 0 Å². The number of carboxylic acid groups (broad SMARTS) is 1. The molecule has 4 aromatic rings. The number of piperazine rings is 1. The maximum atomic E-state index is 14.7. The number of rotatable bonds is 20. The summed E-state index contributed by atoms with van der Waals surface area (Å²) in [5.74, 6) is -3.06. The fourth-order valence-electron chi connectivity index (χ4n) is 7.58. The molecular weight excluding hydrogens is 826 g/mol. The monoisotopic (exact) mass is 876 g/mol. The third-order valence-electron chi connectivity index (χ3n) is 10.7. The summed E-state index contributed by atoms with van der Waals surface area (Å²) in [5, 5.41) is 17.5. The second kappa shape index (κ2) is 20.8. The highest BCUT2D eigenvalue weighted by Crippen LogP contribution is 2.37. The first-order valence-electron chi connectivity index (χ1n) is 19.9. The minimum atomic E-state index is -4.87. The number of alkyl halides is 3. The number of imidazole rings is 1.